The smallest absolute Gasteiger partial charge is 0.242 e. The minimum atomic E-state index is -0.601. The van der Waals surface area contributed by atoms with Crippen LogP contribution in [0, 0.1) is 0 Å². The second kappa shape index (κ2) is 11.7. The van der Waals surface area contributed by atoms with Gasteiger partial charge in [0.1, 0.15) is 11.8 Å². The normalized spacial score (nSPS) is 11.6. The second-order valence-electron chi connectivity index (χ2n) is 6.59. The van der Waals surface area contributed by atoms with Crippen molar-refractivity contribution >= 4 is 35.0 Å². The number of hydrogen-bond acceptors (Lipinski definition) is 3. The molecule has 0 spiro atoms. The van der Waals surface area contributed by atoms with Crippen molar-refractivity contribution in [3.63, 3.8) is 0 Å². The van der Waals surface area contributed by atoms with Crippen LogP contribution in [0.3, 0.4) is 0 Å². The van der Waals surface area contributed by atoms with Crippen molar-refractivity contribution in [1.29, 1.82) is 0 Å². The molecule has 0 fully saturated rings. The van der Waals surface area contributed by atoms with E-state index in [1.165, 1.54) is 0 Å². The van der Waals surface area contributed by atoms with Gasteiger partial charge >= 0.3 is 0 Å². The van der Waals surface area contributed by atoms with Crippen LogP contribution >= 0.6 is 23.2 Å². The number of carbonyl (C=O) groups excluding carboxylic acids is 2. The van der Waals surface area contributed by atoms with Gasteiger partial charge in [-0.25, -0.2) is 0 Å². The zero-order chi connectivity index (χ0) is 21.2. The van der Waals surface area contributed by atoms with Crippen molar-refractivity contribution < 1.29 is 14.3 Å². The molecule has 0 aliphatic carbocycles. The summed E-state index contributed by atoms with van der Waals surface area (Å²) in [7, 11) is 0. The minimum Gasteiger partial charge on any atom is -0.494 e. The number of amides is 2. The lowest BCUT2D eigenvalue weighted by molar-refractivity contribution is -0.140. The van der Waals surface area contributed by atoms with E-state index < -0.39 is 6.04 Å². The maximum atomic E-state index is 12.9. The van der Waals surface area contributed by atoms with E-state index in [-0.39, 0.29) is 24.8 Å². The highest BCUT2D eigenvalue weighted by molar-refractivity contribution is 6.31. The summed E-state index contributed by atoms with van der Waals surface area (Å²) in [5.41, 5.74) is 0.802. The molecule has 0 heterocycles. The minimum absolute atomic E-state index is 0.122. The van der Waals surface area contributed by atoms with Gasteiger partial charge in [0.05, 0.1) is 6.61 Å². The quantitative estimate of drug-likeness (QED) is 0.548. The zero-order valence-corrected chi connectivity index (χ0v) is 18.2. The molecule has 0 bridgehead atoms. The summed E-state index contributed by atoms with van der Waals surface area (Å²) >= 11 is 12.1. The van der Waals surface area contributed by atoms with Crippen LogP contribution in [0.25, 0.3) is 0 Å². The number of carbonyl (C=O) groups is 2. The van der Waals surface area contributed by atoms with Crippen LogP contribution in [0.15, 0.2) is 48.5 Å². The Balaban J connectivity index is 1.98. The van der Waals surface area contributed by atoms with Gasteiger partial charge in [-0.2, -0.15) is 0 Å². The van der Waals surface area contributed by atoms with Gasteiger partial charge in [0.25, 0.3) is 0 Å². The molecule has 0 aliphatic rings. The fourth-order valence-corrected chi connectivity index (χ4v) is 3.12. The van der Waals surface area contributed by atoms with Crippen LogP contribution in [0.5, 0.6) is 5.75 Å². The lowest BCUT2D eigenvalue weighted by atomic mass is 10.1. The van der Waals surface area contributed by atoms with E-state index in [1.54, 1.807) is 42.2 Å². The molecule has 2 rings (SSSR count). The van der Waals surface area contributed by atoms with E-state index in [0.717, 1.165) is 5.56 Å². The molecular weight excluding hydrogens is 411 g/mol. The van der Waals surface area contributed by atoms with Crippen molar-refractivity contribution in [2.24, 2.45) is 0 Å². The molecule has 29 heavy (non-hydrogen) atoms. The molecule has 1 N–H and O–H groups in total. The molecule has 156 valence electrons. The lowest BCUT2D eigenvalue weighted by Crippen LogP contribution is -2.47. The van der Waals surface area contributed by atoms with Crippen LogP contribution in [-0.2, 0) is 16.1 Å². The summed E-state index contributed by atoms with van der Waals surface area (Å²) in [5, 5.41) is 3.98. The summed E-state index contributed by atoms with van der Waals surface area (Å²) < 4.78 is 5.65. The first-order valence-electron chi connectivity index (χ1n) is 9.61. The van der Waals surface area contributed by atoms with E-state index in [2.05, 4.69) is 5.32 Å². The number of benzene rings is 2. The molecule has 2 aromatic carbocycles. The van der Waals surface area contributed by atoms with Crippen LogP contribution in [-0.4, -0.2) is 35.9 Å². The van der Waals surface area contributed by atoms with Crippen molar-refractivity contribution in [2.75, 3.05) is 13.2 Å². The van der Waals surface area contributed by atoms with E-state index in [1.807, 2.05) is 25.1 Å². The number of nitrogens with one attached hydrogen (secondary N) is 1. The molecule has 2 aromatic rings. The molecule has 1 atom stereocenters. The third-order valence-electron chi connectivity index (χ3n) is 4.43. The highest BCUT2D eigenvalue weighted by atomic mass is 35.5. The summed E-state index contributed by atoms with van der Waals surface area (Å²) in [6, 6.07) is 13.8. The molecule has 5 nitrogen and oxygen atoms in total. The Morgan fingerprint density at radius 3 is 2.45 bits per heavy atom. The van der Waals surface area contributed by atoms with Gasteiger partial charge in [0.2, 0.25) is 11.8 Å². The topological polar surface area (TPSA) is 58.6 Å². The van der Waals surface area contributed by atoms with Gasteiger partial charge < -0.3 is 15.0 Å². The Labute approximate surface area is 181 Å². The third kappa shape index (κ3) is 7.26. The maximum Gasteiger partial charge on any atom is 0.242 e. The highest BCUT2D eigenvalue weighted by Crippen LogP contribution is 2.20. The monoisotopic (exact) mass is 436 g/mol. The third-order valence-corrected chi connectivity index (χ3v) is 5.05. The Bertz CT molecular complexity index is 812. The molecule has 0 saturated heterocycles. The largest absolute Gasteiger partial charge is 0.494 e. The number of halogens is 2. The van der Waals surface area contributed by atoms with Gasteiger partial charge in [-0.3, -0.25) is 9.59 Å². The van der Waals surface area contributed by atoms with Crippen LogP contribution < -0.4 is 10.1 Å². The van der Waals surface area contributed by atoms with Crippen LogP contribution in [0.4, 0.5) is 0 Å². The number of likely N-dealkylation sites (N-methyl/N-ethyl adjacent to an activating group) is 1. The van der Waals surface area contributed by atoms with Crippen LogP contribution in [0.1, 0.15) is 32.3 Å². The SMILES string of the molecule is CCNC(=O)[C@H](C)N(Cc1ccccc1Cl)C(=O)CCCOc1ccc(Cl)cc1. The summed E-state index contributed by atoms with van der Waals surface area (Å²) in [6.45, 7) is 4.74. The van der Waals surface area contributed by atoms with Gasteiger partial charge in [0, 0.05) is 29.6 Å². The molecule has 0 unspecified atom stereocenters. The molecular formula is C22H26Cl2N2O3. The van der Waals surface area contributed by atoms with E-state index in [4.69, 9.17) is 27.9 Å². The predicted molar refractivity (Wildman–Crippen MR) is 116 cm³/mol. The molecule has 2 amide bonds. The molecule has 7 heteroatoms. The highest BCUT2D eigenvalue weighted by Gasteiger charge is 2.26. The molecule has 0 aromatic heterocycles. The summed E-state index contributed by atoms with van der Waals surface area (Å²) in [6.07, 6.45) is 0.796. The van der Waals surface area contributed by atoms with Gasteiger partial charge in [-0.15, -0.1) is 0 Å². The van der Waals surface area contributed by atoms with Gasteiger partial charge in [-0.05, 0) is 56.2 Å². The van der Waals surface area contributed by atoms with E-state index >= 15 is 0 Å². The van der Waals surface area contributed by atoms with Crippen molar-refractivity contribution in [1.82, 2.24) is 10.2 Å². The summed E-state index contributed by atoms with van der Waals surface area (Å²) in [5.74, 6) is 0.388. The first-order chi connectivity index (χ1) is 13.9. The van der Waals surface area contributed by atoms with E-state index in [9.17, 15) is 9.59 Å². The average molecular weight is 437 g/mol. The first-order valence-corrected chi connectivity index (χ1v) is 10.4. The summed E-state index contributed by atoms with van der Waals surface area (Å²) in [4.78, 5) is 26.8. The zero-order valence-electron chi connectivity index (χ0n) is 16.7. The second-order valence-corrected chi connectivity index (χ2v) is 7.43. The number of rotatable bonds is 10. The van der Waals surface area contributed by atoms with Crippen LogP contribution in [0.2, 0.25) is 10.0 Å². The Kier molecular flexibility index (Phi) is 9.29. The standard InChI is InChI=1S/C22H26Cl2N2O3/c1-3-25-22(28)16(2)26(15-17-7-4-5-8-20(17)24)21(27)9-6-14-29-19-12-10-18(23)11-13-19/h4-5,7-8,10-13,16H,3,6,9,14-15H2,1-2H3,(H,25,28)/t16-/m0/s1. The maximum absolute atomic E-state index is 12.9. The fraction of sp³-hybridized carbons (Fsp3) is 0.364. The van der Waals surface area contributed by atoms with Gasteiger partial charge in [-0.1, -0.05) is 41.4 Å². The van der Waals surface area contributed by atoms with E-state index in [0.29, 0.717) is 35.4 Å². The number of hydrogen-bond donors (Lipinski definition) is 1. The Morgan fingerprint density at radius 1 is 1.10 bits per heavy atom. The lowest BCUT2D eigenvalue weighted by Gasteiger charge is -2.29. The average Bonchev–Trinajstić information content (AvgIpc) is 2.71. The van der Waals surface area contributed by atoms with Crippen molar-refractivity contribution in [2.45, 2.75) is 39.3 Å². The number of ether oxygens (including phenoxy) is 1. The fourth-order valence-electron chi connectivity index (χ4n) is 2.80. The number of nitrogens with zero attached hydrogens (tertiary/aromatic N) is 1. The van der Waals surface area contributed by atoms with Crippen molar-refractivity contribution in [3.8, 4) is 5.75 Å². The molecule has 0 radical (unpaired) electrons. The molecule has 0 saturated carbocycles. The van der Waals surface area contributed by atoms with Crippen molar-refractivity contribution in [3.05, 3.63) is 64.1 Å². The first kappa shape index (κ1) is 23.0. The Hall–Kier alpha value is -2.24. The van der Waals surface area contributed by atoms with Gasteiger partial charge in [0.15, 0.2) is 0 Å². The molecule has 0 aliphatic heterocycles. The Morgan fingerprint density at radius 2 is 1.79 bits per heavy atom. The predicted octanol–water partition coefficient (Wildman–Crippen LogP) is 4.71.